The molecular formula is C15H19NO5. The molecule has 0 saturated heterocycles. The van der Waals surface area contributed by atoms with Gasteiger partial charge in [0.2, 0.25) is 5.91 Å². The summed E-state index contributed by atoms with van der Waals surface area (Å²) in [5.74, 6) is -0.700. The maximum absolute atomic E-state index is 12.4. The highest BCUT2D eigenvalue weighted by Gasteiger charge is 2.44. The molecule has 0 atom stereocenters. The Morgan fingerprint density at radius 1 is 1.38 bits per heavy atom. The van der Waals surface area contributed by atoms with E-state index in [2.05, 4.69) is 5.32 Å². The van der Waals surface area contributed by atoms with Crippen molar-refractivity contribution >= 4 is 17.6 Å². The third-order valence-corrected chi connectivity index (χ3v) is 3.67. The first-order valence-electron chi connectivity index (χ1n) is 6.81. The molecule has 0 aromatic heterocycles. The lowest BCUT2D eigenvalue weighted by Crippen LogP contribution is -2.45. The summed E-state index contributed by atoms with van der Waals surface area (Å²) < 4.78 is 10.2. The summed E-state index contributed by atoms with van der Waals surface area (Å²) in [4.78, 5) is 22.8. The molecule has 0 bridgehead atoms. The van der Waals surface area contributed by atoms with Gasteiger partial charge in [0.15, 0.2) is 6.61 Å². The second-order valence-corrected chi connectivity index (χ2v) is 5.23. The fraction of sp³-hybridized carbons (Fsp3) is 0.467. The minimum Gasteiger partial charge on any atom is -0.482 e. The largest absolute Gasteiger partial charge is 0.482 e. The van der Waals surface area contributed by atoms with E-state index in [0.717, 1.165) is 19.3 Å². The second kappa shape index (κ2) is 6.58. The van der Waals surface area contributed by atoms with Crippen molar-refractivity contribution in [2.75, 3.05) is 25.6 Å². The number of carboxylic acid groups (broad SMARTS) is 1. The Balaban J connectivity index is 2.00. The van der Waals surface area contributed by atoms with Gasteiger partial charge in [-0.05, 0) is 25.0 Å². The van der Waals surface area contributed by atoms with Crippen LogP contribution in [-0.4, -0.2) is 37.3 Å². The van der Waals surface area contributed by atoms with Crippen LogP contribution >= 0.6 is 0 Å². The van der Waals surface area contributed by atoms with Crippen LogP contribution in [0.4, 0.5) is 5.69 Å². The van der Waals surface area contributed by atoms with E-state index in [1.54, 1.807) is 31.4 Å². The molecule has 0 spiro atoms. The number of amides is 1. The fourth-order valence-electron chi connectivity index (χ4n) is 2.39. The van der Waals surface area contributed by atoms with Gasteiger partial charge in [0, 0.05) is 18.9 Å². The van der Waals surface area contributed by atoms with Gasteiger partial charge in [-0.2, -0.15) is 0 Å². The van der Waals surface area contributed by atoms with Crippen LogP contribution < -0.4 is 10.1 Å². The van der Waals surface area contributed by atoms with E-state index in [1.165, 1.54) is 0 Å². The van der Waals surface area contributed by atoms with Crippen LogP contribution in [0.3, 0.4) is 0 Å². The molecule has 1 aliphatic rings. The van der Waals surface area contributed by atoms with Crippen molar-refractivity contribution in [2.45, 2.75) is 19.3 Å². The van der Waals surface area contributed by atoms with E-state index in [0.29, 0.717) is 18.0 Å². The van der Waals surface area contributed by atoms with Crippen molar-refractivity contribution in [2.24, 2.45) is 5.41 Å². The molecule has 21 heavy (non-hydrogen) atoms. The molecule has 1 aliphatic carbocycles. The molecule has 2 rings (SSSR count). The molecule has 1 amide bonds. The van der Waals surface area contributed by atoms with Crippen LogP contribution in [-0.2, 0) is 14.3 Å². The van der Waals surface area contributed by atoms with Gasteiger partial charge in [0.05, 0.1) is 12.0 Å². The first kappa shape index (κ1) is 15.3. The number of hydrogen-bond acceptors (Lipinski definition) is 4. The highest BCUT2D eigenvalue weighted by Crippen LogP contribution is 2.42. The van der Waals surface area contributed by atoms with Gasteiger partial charge in [-0.1, -0.05) is 12.5 Å². The standard InChI is InChI=1S/C15H19NO5/c1-20-10-15(6-3-7-15)14(19)16-11-4-2-5-12(8-11)21-9-13(17)18/h2,4-5,8H,3,6-7,9-10H2,1H3,(H,16,19)(H,17,18). The molecule has 0 radical (unpaired) electrons. The van der Waals surface area contributed by atoms with Gasteiger partial charge in [-0.15, -0.1) is 0 Å². The number of hydrogen-bond donors (Lipinski definition) is 2. The fourth-order valence-corrected chi connectivity index (χ4v) is 2.39. The number of carboxylic acids is 1. The van der Waals surface area contributed by atoms with Crippen LogP contribution in [0.15, 0.2) is 24.3 Å². The van der Waals surface area contributed by atoms with E-state index < -0.39 is 18.0 Å². The normalized spacial score (nSPS) is 15.9. The summed E-state index contributed by atoms with van der Waals surface area (Å²) in [6.07, 6.45) is 2.67. The number of carbonyl (C=O) groups is 2. The number of aliphatic carboxylic acids is 1. The smallest absolute Gasteiger partial charge is 0.341 e. The summed E-state index contributed by atoms with van der Waals surface area (Å²) in [5, 5.41) is 11.4. The van der Waals surface area contributed by atoms with Crippen LogP contribution in [0.2, 0.25) is 0 Å². The Bertz CT molecular complexity index is 525. The lowest BCUT2D eigenvalue weighted by molar-refractivity contribution is -0.139. The van der Waals surface area contributed by atoms with Gasteiger partial charge < -0.3 is 19.9 Å². The van der Waals surface area contributed by atoms with Crippen molar-refractivity contribution in [1.29, 1.82) is 0 Å². The Morgan fingerprint density at radius 3 is 2.71 bits per heavy atom. The summed E-state index contributed by atoms with van der Waals surface area (Å²) in [5.41, 5.74) is 0.150. The van der Waals surface area contributed by atoms with Crippen LogP contribution in [0, 0.1) is 5.41 Å². The number of carbonyl (C=O) groups excluding carboxylic acids is 1. The monoisotopic (exact) mass is 293 g/mol. The minimum absolute atomic E-state index is 0.0639. The SMILES string of the molecule is COCC1(C(=O)Nc2cccc(OCC(=O)O)c2)CCC1. The number of nitrogens with one attached hydrogen (secondary N) is 1. The van der Waals surface area contributed by atoms with Crippen LogP contribution in [0.5, 0.6) is 5.75 Å². The summed E-state index contributed by atoms with van der Waals surface area (Å²) in [6.45, 7) is -0.000942. The molecule has 6 heteroatoms. The van der Waals surface area contributed by atoms with Gasteiger partial charge in [-0.3, -0.25) is 4.79 Å². The third-order valence-electron chi connectivity index (χ3n) is 3.67. The van der Waals surface area contributed by atoms with Crippen molar-refractivity contribution < 1.29 is 24.2 Å². The summed E-state index contributed by atoms with van der Waals surface area (Å²) in [6, 6.07) is 6.70. The molecule has 0 aliphatic heterocycles. The molecule has 0 heterocycles. The lowest BCUT2D eigenvalue weighted by atomic mass is 9.68. The predicted molar refractivity (Wildman–Crippen MR) is 76.4 cm³/mol. The molecule has 1 aromatic rings. The van der Waals surface area contributed by atoms with Crippen molar-refractivity contribution in [3.05, 3.63) is 24.3 Å². The summed E-state index contributed by atoms with van der Waals surface area (Å²) in [7, 11) is 1.59. The van der Waals surface area contributed by atoms with Crippen molar-refractivity contribution in [3.63, 3.8) is 0 Å². The number of ether oxygens (including phenoxy) is 2. The zero-order valence-electron chi connectivity index (χ0n) is 11.9. The van der Waals surface area contributed by atoms with Gasteiger partial charge >= 0.3 is 5.97 Å². The predicted octanol–water partition coefficient (Wildman–Crippen LogP) is 1.91. The topological polar surface area (TPSA) is 84.9 Å². The number of rotatable bonds is 7. The Hall–Kier alpha value is -2.08. The van der Waals surface area contributed by atoms with Gasteiger partial charge in [-0.25, -0.2) is 4.79 Å². The summed E-state index contributed by atoms with van der Waals surface area (Å²) >= 11 is 0. The number of anilines is 1. The lowest BCUT2D eigenvalue weighted by Gasteiger charge is -2.39. The highest BCUT2D eigenvalue weighted by atomic mass is 16.5. The molecule has 1 fully saturated rings. The Morgan fingerprint density at radius 2 is 2.14 bits per heavy atom. The van der Waals surface area contributed by atoms with E-state index in [4.69, 9.17) is 14.6 Å². The zero-order valence-corrected chi connectivity index (χ0v) is 11.9. The van der Waals surface area contributed by atoms with Crippen molar-refractivity contribution in [3.8, 4) is 5.75 Å². The highest BCUT2D eigenvalue weighted by molar-refractivity contribution is 5.96. The van der Waals surface area contributed by atoms with E-state index in [9.17, 15) is 9.59 Å². The Labute approximate surface area is 123 Å². The van der Waals surface area contributed by atoms with Gasteiger partial charge in [0.25, 0.3) is 0 Å². The van der Waals surface area contributed by atoms with Crippen molar-refractivity contribution in [1.82, 2.24) is 0 Å². The molecule has 0 unspecified atom stereocenters. The number of methoxy groups -OCH3 is 1. The van der Waals surface area contributed by atoms with Crippen LogP contribution in [0.1, 0.15) is 19.3 Å². The maximum Gasteiger partial charge on any atom is 0.341 e. The molecule has 6 nitrogen and oxygen atoms in total. The molecule has 1 saturated carbocycles. The third kappa shape index (κ3) is 3.72. The quantitative estimate of drug-likeness (QED) is 0.802. The maximum atomic E-state index is 12.4. The zero-order chi connectivity index (χ0) is 15.3. The first-order chi connectivity index (χ1) is 10.1. The second-order valence-electron chi connectivity index (χ2n) is 5.23. The van der Waals surface area contributed by atoms with E-state index in [1.807, 2.05) is 0 Å². The van der Waals surface area contributed by atoms with Crippen LogP contribution in [0.25, 0.3) is 0 Å². The van der Waals surface area contributed by atoms with E-state index >= 15 is 0 Å². The molecular weight excluding hydrogens is 274 g/mol. The first-order valence-corrected chi connectivity index (χ1v) is 6.81. The molecule has 2 N–H and O–H groups in total. The number of benzene rings is 1. The average Bonchev–Trinajstić information content (AvgIpc) is 2.41. The Kier molecular flexibility index (Phi) is 4.80. The molecule has 114 valence electrons. The van der Waals surface area contributed by atoms with E-state index in [-0.39, 0.29) is 5.91 Å². The minimum atomic E-state index is -1.04. The van der Waals surface area contributed by atoms with Gasteiger partial charge in [0.1, 0.15) is 5.75 Å². The average molecular weight is 293 g/mol. The molecule has 1 aromatic carbocycles.